The molecule has 1 rings (SSSR count). The average Bonchev–Trinajstić information content (AvgIpc) is 2.65. The molecule has 13 heavy (non-hydrogen) atoms. The highest BCUT2D eigenvalue weighted by Gasteiger charge is 2.07. The predicted molar refractivity (Wildman–Crippen MR) is 53.1 cm³/mol. The summed E-state index contributed by atoms with van der Waals surface area (Å²) in [4.78, 5) is 13.8. The molecule has 0 unspecified atom stereocenters. The van der Waals surface area contributed by atoms with Crippen molar-refractivity contribution in [2.24, 2.45) is 0 Å². The number of methoxy groups -OCH3 is 1. The summed E-state index contributed by atoms with van der Waals surface area (Å²) in [5, 5.41) is 2.04. The number of carbonyl (C=O) groups is 1. The summed E-state index contributed by atoms with van der Waals surface area (Å²) in [6.45, 7) is 0.702. The molecule has 0 aromatic carbocycles. The van der Waals surface area contributed by atoms with Crippen molar-refractivity contribution in [3.63, 3.8) is 0 Å². The largest absolute Gasteiger partial charge is 0.453 e. The third kappa shape index (κ3) is 3.06. The van der Waals surface area contributed by atoms with Crippen molar-refractivity contribution >= 4 is 17.4 Å². The van der Waals surface area contributed by atoms with Gasteiger partial charge in [0, 0.05) is 18.5 Å². The molecule has 0 aliphatic carbocycles. The van der Waals surface area contributed by atoms with Gasteiger partial charge in [0.05, 0.1) is 7.11 Å². The standard InChI is InChI=1S/C9H13NO2S/c1-10(9(11)12-2)6-5-8-4-3-7-13-8/h3-4,7H,5-6H2,1-2H3. The Labute approximate surface area is 81.9 Å². The van der Waals surface area contributed by atoms with E-state index in [0.29, 0.717) is 6.54 Å². The normalized spacial score (nSPS) is 9.69. The number of amides is 1. The SMILES string of the molecule is COC(=O)N(C)CCc1cccs1. The fraction of sp³-hybridized carbons (Fsp3) is 0.444. The van der Waals surface area contributed by atoms with Crippen LogP contribution in [0.15, 0.2) is 17.5 Å². The van der Waals surface area contributed by atoms with Crippen LogP contribution in [0.2, 0.25) is 0 Å². The number of likely N-dealkylation sites (N-methyl/N-ethyl adjacent to an activating group) is 1. The summed E-state index contributed by atoms with van der Waals surface area (Å²) in [5.41, 5.74) is 0. The molecule has 0 atom stereocenters. The third-order valence-electron chi connectivity index (χ3n) is 1.76. The Bertz CT molecular complexity index is 259. The van der Waals surface area contributed by atoms with Crippen LogP contribution in [0.1, 0.15) is 4.88 Å². The van der Waals surface area contributed by atoms with E-state index in [9.17, 15) is 4.79 Å². The van der Waals surface area contributed by atoms with Gasteiger partial charge in [-0.05, 0) is 17.9 Å². The van der Waals surface area contributed by atoms with E-state index in [4.69, 9.17) is 0 Å². The molecular weight excluding hydrogens is 186 g/mol. The van der Waals surface area contributed by atoms with Crippen molar-refractivity contribution in [1.82, 2.24) is 4.90 Å². The van der Waals surface area contributed by atoms with Crippen LogP contribution in [0.25, 0.3) is 0 Å². The molecule has 4 heteroatoms. The van der Waals surface area contributed by atoms with Crippen LogP contribution in [0.5, 0.6) is 0 Å². The topological polar surface area (TPSA) is 29.5 Å². The molecule has 1 amide bonds. The molecule has 0 aliphatic heterocycles. The quantitative estimate of drug-likeness (QED) is 0.745. The van der Waals surface area contributed by atoms with E-state index >= 15 is 0 Å². The van der Waals surface area contributed by atoms with Gasteiger partial charge in [-0.3, -0.25) is 0 Å². The monoisotopic (exact) mass is 199 g/mol. The second-order valence-electron chi connectivity index (χ2n) is 2.72. The summed E-state index contributed by atoms with van der Waals surface area (Å²) < 4.78 is 4.57. The number of ether oxygens (including phenoxy) is 1. The molecule has 0 saturated heterocycles. The van der Waals surface area contributed by atoms with Crippen LogP contribution >= 0.6 is 11.3 Å². The Balaban J connectivity index is 2.30. The van der Waals surface area contributed by atoms with Crippen LogP contribution < -0.4 is 0 Å². The summed E-state index contributed by atoms with van der Waals surface area (Å²) in [6, 6.07) is 4.08. The minimum Gasteiger partial charge on any atom is -0.453 e. The summed E-state index contributed by atoms with van der Waals surface area (Å²) in [5.74, 6) is 0. The first-order chi connectivity index (χ1) is 6.24. The fourth-order valence-corrected chi connectivity index (χ4v) is 1.68. The van der Waals surface area contributed by atoms with E-state index in [-0.39, 0.29) is 6.09 Å². The van der Waals surface area contributed by atoms with Crippen molar-refractivity contribution in [3.8, 4) is 0 Å². The van der Waals surface area contributed by atoms with Gasteiger partial charge in [-0.15, -0.1) is 11.3 Å². The zero-order chi connectivity index (χ0) is 9.68. The van der Waals surface area contributed by atoms with Gasteiger partial charge in [-0.2, -0.15) is 0 Å². The third-order valence-corrected chi connectivity index (χ3v) is 2.70. The summed E-state index contributed by atoms with van der Waals surface area (Å²) in [6.07, 6.45) is 0.611. The van der Waals surface area contributed by atoms with E-state index < -0.39 is 0 Å². The van der Waals surface area contributed by atoms with Crippen molar-refractivity contribution in [2.45, 2.75) is 6.42 Å². The lowest BCUT2D eigenvalue weighted by Gasteiger charge is -2.14. The van der Waals surface area contributed by atoms with Crippen molar-refractivity contribution in [2.75, 3.05) is 20.7 Å². The van der Waals surface area contributed by atoms with Crippen LogP contribution in [-0.4, -0.2) is 31.7 Å². The fourth-order valence-electron chi connectivity index (χ4n) is 0.980. The van der Waals surface area contributed by atoms with E-state index in [1.807, 2.05) is 11.4 Å². The zero-order valence-corrected chi connectivity index (χ0v) is 8.63. The molecule has 1 aromatic heterocycles. The minimum atomic E-state index is -0.281. The number of hydrogen-bond donors (Lipinski definition) is 0. The van der Waals surface area contributed by atoms with E-state index in [1.165, 1.54) is 12.0 Å². The molecule has 0 aliphatic rings. The van der Waals surface area contributed by atoms with Crippen LogP contribution in [0.4, 0.5) is 4.79 Å². The first-order valence-corrected chi connectivity index (χ1v) is 4.93. The first-order valence-electron chi connectivity index (χ1n) is 4.05. The molecule has 72 valence electrons. The molecule has 3 nitrogen and oxygen atoms in total. The Hall–Kier alpha value is -1.03. The smallest absolute Gasteiger partial charge is 0.409 e. The second-order valence-corrected chi connectivity index (χ2v) is 3.75. The van der Waals surface area contributed by atoms with Gasteiger partial charge < -0.3 is 9.64 Å². The Morgan fingerprint density at radius 3 is 3.00 bits per heavy atom. The molecule has 1 aromatic rings. The minimum absolute atomic E-state index is 0.281. The maximum atomic E-state index is 11.0. The van der Waals surface area contributed by atoms with Gasteiger partial charge in [0.2, 0.25) is 0 Å². The van der Waals surface area contributed by atoms with Gasteiger partial charge in [0.1, 0.15) is 0 Å². The summed E-state index contributed by atoms with van der Waals surface area (Å²) in [7, 11) is 3.13. The lowest BCUT2D eigenvalue weighted by Crippen LogP contribution is -2.28. The highest BCUT2D eigenvalue weighted by Crippen LogP contribution is 2.09. The first kappa shape index (κ1) is 10.1. The molecule has 0 radical (unpaired) electrons. The van der Waals surface area contributed by atoms with Crippen molar-refractivity contribution in [3.05, 3.63) is 22.4 Å². The molecular formula is C9H13NO2S. The molecule has 0 fully saturated rings. The number of nitrogens with zero attached hydrogens (tertiary/aromatic N) is 1. The predicted octanol–water partition coefficient (Wildman–Crippen LogP) is 1.99. The number of thiophene rings is 1. The van der Waals surface area contributed by atoms with Crippen LogP contribution in [0.3, 0.4) is 0 Å². The molecule has 0 saturated carbocycles. The second kappa shape index (κ2) is 4.87. The van der Waals surface area contributed by atoms with E-state index in [0.717, 1.165) is 6.42 Å². The number of hydrogen-bond acceptors (Lipinski definition) is 3. The van der Waals surface area contributed by atoms with Gasteiger partial charge in [-0.25, -0.2) is 4.79 Å². The van der Waals surface area contributed by atoms with Crippen molar-refractivity contribution in [1.29, 1.82) is 0 Å². The lowest BCUT2D eigenvalue weighted by molar-refractivity contribution is 0.134. The zero-order valence-electron chi connectivity index (χ0n) is 7.82. The van der Waals surface area contributed by atoms with Gasteiger partial charge in [0.15, 0.2) is 0 Å². The van der Waals surface area contributed by atoms with Crippen LogP contribution in [0, 0.1) is 0 Å². The van der Waals surface area contributed by atoms with E-state index in [1.54, 1.807) is 23.3 Å². The average molecular weight is 199 g/mol. The van der Waals surface area contributed by atoms with Gasteiger partial charge in [0.25, 0.3) is 0 Å². The molecule has 1 heterocycles. The Kier molecular flexibility index (Phi) is 3.76. The van der Waals surface area contributed by atoms with Gasteiger partial charge in [-0.1, -0.05) is 6.07 Å². The maximum absolute atomic E-state index is 11.0. The Morgan fingerprint density at radius 2 is 2.46 bits per heavy atom. The molecule has 0 bridgehead atoms. The number of rotatable bonds is 3. The maximum Gasteiger partial charge on any atom is 0.409 e. The highest BCUT2D eigenvalue weighted by atomic mass is 32.1. The van der Waals surface area contributed by atoms with Gasteiger partial charge >= 0.3 is 6.09 Å². The molecule has 0 N–H and O–H groups in total. The van der Waals surface area contributed by atoms with Crippen LogP contribution in [-0.2, 0) is 11.2 Å². The summed E-state index contributed by atoms with van der Waals surface area (Å²) >= 11 is 1.71. The highest BCUT2D eigenvalue weighted by molar-refractivity contribution is 7.09. The lowest BCUT2D eigenvalue weighted by atomic mass is 10.3. The van der Waals surface area contributed by atoms with Crippen molar-refractivity contribution < 1.29 is 9.53 Å². The Morgan fingerprint density at radius 1 is 1.69 bits per heavy atom. The number of carbonyl (C=O) groups excluding carboxylic acids is 1. The molecule has 0 spiro atoms. The van der Waals surface area contributed by atoms with E-state index in [2.05, 4.69) is 10.8 Å².